The number of fused-ring (bicyclic) bond motifs is 1. The Balaban J connectivity index is 1.41. The molecule has 7 heteroatoms. The van der Waals surface area contributed by atoms with Crippen molar-refractivity contribution in [3.8, 4) is 11.5 Å². The first-order chi connectivity index (χ1) is 15.1. The first kappa shape index (κ1) is 20.8. The molecule has 0 unspecified atom stereocenters. The lowest BCUT2D eigenvalue weighted by Gasteiger charge is -2.26. The fourth-order valence-electron chi connectivity index (χ4n) is 3.91. The Kier molecular flexibility index (Phi) is 6.11. The van der Waals surface area contributed by atoms with Gasteiger partial charge in [0.2, 0.25) is 0 Å². The van der Waals surface area contributed by atoms with E-state index in [0.717, 1.165) is 42.4 Å². The number of rotatable bonds is 6. The Morgan fingerprint density at radius 3 is 2.42 bits per heavy atom. The number of carbonyl (C=O) groups is 2. The van der Waals surface area contributed by atoms with Gasteiger partial charge < -0.3 is 24.7 Å². The maximum absolute atomic E-state index is 12.6. The Hall–Kier alpha value is -3.48. The summed E-state index contributed by atoms with van der Waals surface area (Å²) < 4.78 is 10.7. The normalized spacial score (nSPS) is 13.8. The number of aromatic nitrogens is 1. The van der Waals surface area contributed by atoms with Crippen LogP contribution in [-0.2, 0) is 6.54 Å². The minimum absolute atomic E-state index is 0.0812. The molecule has 1 fully saturated rings. The fourth-order valence-corrected chi connectivity index (χ4v) is 3.91. The lowest BCUT2D eigenvalue weighted by Crippen LogP contribution is -2.35. The van der Waals surface area contributed by atoms with Crippen LogP contribution in [0, 0.1) is 0 Å². The molecular weight excluding hydrogens is 394 g/mol. The number of piperidine rings is 1. The Bertz CT molecular complexity index is 1080. The van der Waals surface area contributed by atoms with Gasteiger partial charge in [-0.3, -0.25) is 9.59 Å². The molecule has 0 atom stereocenters. The lowest BCUT2D eigenvalue weighted by molar-refractivity contribution is 0.0724. The van der Waals surface area contributed by atoms with Crippen LogP contribution < -0.4 is 14.8 Å². The molecule has 1 saturated heterocycles. The van der Waals surface area contributed by atoms with Crippen LogP contribution in [0.15, 0.2) is 42.5 Å². The maximum Gasteiger partial charge on any atom is 0.267 e. The van der Waals surface area contributed by atoms with E-state index in [1.807, 2.05) is 35.2 Å². The zero-order valence-electron chi connectivity index (χ0n) is 17.9. The number of aromatic amines is 1. The largest absolute Gasteiger partial charge is 0.497 e. The van der Waals surface area contributed by atoms with Crippen molar-refractivity contribution in [1.82, 2.24) is 15.2 Å². The maximum atomic E-state index is 12.6. The number of carbonyl (C=O) groups excluding carboxylic acids is 2. The summed E-state index contributed by atoms with van der Waals surface area (Å²) in [7, 11) is 3.17. The van der Waals surface area contributed by atoms with Gasteiger partial charge in [-0.15, -0.1) is 0 Å². The van der Waals surface area contributed by atoms with E-state index in [1.54, 1.807) is 26.4 Å². The fraction of sp³-hybridized carbons (Fsp3) is 0.333. The number of hydrogen-bond acceptors (Lipinski definition) is 4. The van der Waals surface area contributed by atoms with Crippen molar-refractivity contribution in [3.05, 3.63) is 59.3 Å². The number of methoxy groups -OCH3 is 2. The summed E-state index contributed by atoms with van der Waals surface area (Å²) in [5.74, 6) is 1.14. The molecule has 2 heterocycles. The van der Waals surface area contributed by atoms with E-state index in [9.17, 15) is 9.59 Å². The van der Waals surface area contributed by atoms with Gasteiger partial charge in [0, 0.05) is 36.7 Å². The van der Waals surface area contributed by atoms with Crippen LogP contribution in [0.2, 0.25) is 0 Å². The number of hydrogen-bond donors (Lipinski definition) is 2. The summed E-state index contributed by atoms with van der Waals surface area (Å²) in [6.07, 6.45) is 3.34. The lowest BCUT2D eigenvalue weighted by atomic mass is 10.1. The van der Waals surface area contributed by atoms with Gasteiger partial charge in [-0.2, -0.15) is 0 Å². The van der Waals surface area contributed by atoms with Crippen molar-refractivity contribution < 1.29 is 19.1 Å². The van der Waals surface area contributed by atoms with Crippen molar-refractivity contribution in [3.63, 3.8) is 0 Å². The summed E-state index contributed by atoms with van der Waals surface area (Å²) >= 11 is 0. The summed E-state index contributed by atoms with van der Waals surface area (Å²) in [4.78, 5) is 30.3. The third kappa shape index (κ3) is 4.50. The Morgan fingerprint density at radius 1 is 1.00 bits per heavy atom. The van der Waals surface area contributed by atoms with Crippen LogP contribution >= 0.6 is 0 Å². The monoisotopic (exact) mass is 421 g/mol. The van der Waals surface area contributed by atoms with Gasteiger partial charge in [0.25, 0.3) is 11.8 Å². The molecule has 2 amide bonds. The first-order valence-electron chi connectivity index (χ1n) is 10.5. The highest BCUT2D eigenvalue weighted by Gasteiger charge is 2.18. The van der Waals surface area contributed by atoms with E-state index in [1.165, 1.54) is 6.42 Å². The zero-order chi connectivity index (χ0) is 21.8. The van der Waals surface area contributed by atoms with Gasteiger partial charge >= 0.3 is 0 Å². The van der Waals surface area contributed by atoms with E-state index in [4.69, 9.17) is 9.47 Å². The summed E-state index contributed by atoms with van der Waals surface area (Å²) in [5.41, 5.74) is 2.81. The van der Waals surface area contributed by atoms with Gasteiger partial charge in [-0.25, -0.2) is 0 Å². The van der Waals surface area contributed by atoms with E-state index in [0.29, 0.717) is 29.3 Å². The van der Waals surface area contributed by atoms with Crippen molar-refractivity contribution >= 4 is 22.7 Å². The van der Waals surface area contributed by atoms with Crippen LogP contribution in [0.5, 0.6) is 11.5 Å². The summed E-state index contributed by atoms with van der Waals surface area (Å²) in [5, 5.41) is 3.75. The van der Waals surface area contributed by atoms with Gasteiger partial charge in [-0.05, 0) is 49.1 Å². The predicted molar refractivity (Wildman–Crippen MR) is 119 cm³/mol. The van der Waals surface area contributed by atoms with Gasteiger partial charge in [-0.1, -0.05) is 12.1 Å². The molecule has 1 aliphatic rings. The molecule has 0 radical (unpaired) electrons. The van der Waals surface area contributed by atoms with Crippen molar-refractivity contribution in [1.29, 1.82) is 0 Å². The molecule has 1 aromatic heterocycles. The van der Waals surface area contributed by atoms with Gasteiger partial charge in [0.05, 0.1) is 19.7 Å². The molecule has 0 spiro atoms. The van der Waals surface area contributed by atoms with E-state index >= 15 is 0 Å². The van der Waals surface area contributed by atoms with E-state index in [2.05, 4.69) is 10.3 Å². The predicted octanol–water partition coefficient (Wildman–Crippen LogP) is 3.74. The second-order valence-corrected chi connectivity index (χ2v) is 7.71. The van der Waals surface area contributed by atoms with Crippen LogP contribution in [0.25, 0.3) is 10.9 Å². The Morgan fingerprint density at radius 2 is 1.74 bits per heavy atom. The van der Waals surface area contributed by atoms with Crippen LogP contribution in [0.1, 0.15) is 45.7 Å². The minimum Gasteiger partial charge on any atom is -0.497 e. The Labute approximate surface area is 181 Å². The van der Waals surface area contributed by atoms with Crippen molar-refractivity contribution in [2.75, 3.05) is 27.3 Å². The average molecular weight is 421 g/mol. The van der Waals surface area contributed by atoms with Crippen molar-refractivity contribution in [2.45, 2.75) is 25.8 Å². The van der Waals surface area contributed by atoms with Crippen LogP contribution in [0.3, 0.4) is 0 Å². The molecular formula is C24H27N3O4. The molecule has 1 aliphatic heterocycles. The van der Waals surface area contributed by atoms with Gasteiger partial charge in [0.1, 0.15) is 17.2 Å². The molecule has 4 rings (SSSR count). The number of H-pyrrole nitrogens is 1. The highest BCUT2D eigenvalue weighted by molar-refractivity contribution is 6.00. The smallest absolute Gasteiger partial charge is 0.267 e. The molecule has 162 valence electrons. The second-order valence-electron chi connectivity index (χ2n) is 7.71. The number of benzene rings is 2. The molecule has 2 aromatic carbocycles. The van der Waals surface area contributed by atoms with Crippen LogP contribution in [-0.4, -0.2) is 49.0 Å². The third-order valence-electron chi connectivity index (χ3n) is 5.66. The number of nitrogens with zero attached hydrogens (tertiary/aromatic N) is 1. The number of likely N-dealkylation sites (tertiary alicyclic amines) is 1. The van der Waals surface area contributed by atoms with Crippen LogP contribution in [0.4, 0.5) is 0 Å². The number of amides is 2. The zero-order valence-corrected chi connectivity index (χ0v) is 17.9. The standard InChI is InChI=1S/C24H27N3O4/c1-30-19-12-18-13-20(26-22(18)21(14-19)31-2)23(28)25-15-16-6-8-17(9-7-16)24(29)27-10-4-3-5-11-27/h6-9,12-14,26H,3-5,10-11,15H2,1-2H3,(H,25,28). The molecule has 0 saturated carbocycles. The molecule has 3 aromatic rings. The summed E-state index contributed by atoms with van der Waals surface area (Å²) in [6.45, 7) is 2.03. The molecule has 0 bridgehead atoms. The van der Waals surface area contributed by atoms with E-state index < -0.39 is 0 Å². The molecule has 7 nitrogen and oxygen atoms in total. The molecule has 2 N–H and O–H groups in total. The molecule has 31 heavy (non-hydrogen) atoms. The number of ether oxygens (including phenoxy) is 2. The quantitative estimate of drug-likeness (QED) is 0.635. The summed E-state index contributed by atoms with van der Waals surface area (Å²) in [6, 6.07) is 12.8. The highest BCUT2D eigenvalue weighted by atomic mass is 16.5. The molecule has 0 aliphatic carbocycles. The van der Waals surface area contributed by atoms with Crippen molar-refractivity contribution in [2.24, 2.45) is 0 Å². The average Bonchev–Trinajstić information content (AvgIpc) is 3.26. The van der Waals surface area contributed by atoms with E-state index in [-0.39, 0.29) is 11.8 Å². The third-order valence-corrected chi connectivity index (χ3v) is 5.66. The SMILES string of the molecule is COc1cc(OC)c2[nH]c(C(=O)NCc3ccc(C(=O)N4CCCCC4)cc3)cc2c1. The topological polar surface area (TPSA) is 83.7 Å². The number of nitrogens with one attached hydrogen (secondary N) is 2. The second kappa shape index (κ2) is 9.12. The minimum atomic E-state index is -0.217. The highest BCUT2D eigenvalue weighted by Crippen LogP contribution is 2.31. The van der Waals surface area contributed by atoms with Gasteiger partial charge in [0.15, 0.2) is 0 Å². The first-order valence-corrected chi connectivity index (χ1v) is 10.5.